The minimum atomic E-state index is -2.68. The molecule has 2 N–H and O–H groups in total. The number of ether oxygens (including phenoxy) is 1. The van der Waals surface area contributed by atoms with Crippen LogP contribution in [0.1, 0.15) is 44.5 Å². The van der Waals surface area contributed by atoms with Gasteiger partial charge in [0.25, 0.3) is 0 Å². The Labute approximate surface area is 259 Å². The maximum Gasteiger partial charge on any atom is 0.319 e. The summed E-state index contributed by atoms with van der Waals surface area (Å²) in [7, 11) is 0. The summed E-state index contributed by atoms with van der Waals surface area (Å²) in [5, 5.41) is 14.7. The summed E-state index contributed by atoms with van der Waals surface area (Å²) in [5.41, 5.74) is -2.42. The fourth-order valence-electron chi connectivity index (χ4n) is 7.23. The highest BCUT2D eigenvalue weighted by Gasteiger charge is 2.49. The third-order valence-corrected chi connectivity index (χ3v) is 9.33. The van der Waals surface area contributed by atoms with Crippen molar-refractivity contribution in [2.75, 3.05) is 37.6 Å². The van der Waals surface area contributed by atoms with Gasteiger partial charge in [0.05, 0.1) is 19.2 Å². The average molecular weight is 606 g/mol. The van der Waals surface area contributed by atoms with Crippen molar-refractivity contribution in [1.82, 2.24) is 25.2 Å². The van der Waals surface area contributed by atoms with E-state index in [1.54, 1.807) is 0 Å². The van der Waals surface area contributed by atoms with E-state index in [1.165, 1.54) is 29.3 Å². The highest BCUT2D eigenvalue weighted by atomic mass is 19.1. The predicted molar refractivity (Wildman–Crippen MR) is 160 cm³/mol. The number of piperidine rings is 2. The number of nitrogens with zero attached hydrogens (tertiary/aromatic N) is 5. The topological polar surface area (TPSA) is 86.6 Å². The monoisotopic (exact) mass is 605 g/mol. The Kier molecular flexibility index (Phi) is 5.19. The zero-order valence-corrected chi connectivity index (χ0v) is 23.5. The maximum absolute atomic E-state index is 17.0. The summed E-state index contributed by atoms with van der Waals surface area (Å²) in [6.45, 7) is -3.75. The normalized spacial score (nSPS) is 29.4. The highest BCUT2D eigenvalue weighted by Crippen LogP contribution is 2.42. The van der Waals surface area contributed by atoms with Crippen LogP contribution in [0.15, 0.2) is 30.5 Å². The van der Waals surface area contributed by atoms with E-state index in [1.807, 2.05) is 11.3 Å². The van der Waals surface area contributed by atoms with E-state index in [4.69, 9.17) is 11.6 Å². The van der Waals surface area contributed by atoms with Gasteiger partial charge in [0, 0.05) is 58.0 Å². The van der Waals surface area contributed by atoms with Crippen LogP contribution in [0.5, 0.6) is 11.8 Å². The standard InChI is InChI=1S/C33H31F3N6O2/c1-2-23-26(35)7-4-18-10-22(43)11-24(27(18)23)29-28(36)30-25(14-38-29)31(42-16-20-5-6-21(42)13-37-20)40-32(39-30)44-17-33-8-3-9-41(33)15-19(34)12-33/h1,4,7,10-11,14,19-21,37,43H,3,5-6,8-9,12-13,15-17H2/t19-,20?,21?,33+/m1/s1/i1D,9D2,17D2. The number of aromatic nitrogens is 3. The number of hydrogen-bond acceptors (Lipinski definition) is 8. The van der Waals surface area contributed by atoms with Gasteiger partial charge >= 0.3 is 6.01 Å². The van der Waals surface area contributed by atoms with Crippen molar-refractivity contribution in [3.8, 4) is 35.3 Å². The molecule has 5 aliphatic rings. The number of halogens is 3. The van der Waals surface area contributed by atoms with Crippen LogP contribution >= 0.6 is 0 Å². The molecule has 4 atom stereocenters. The molecule has 0 spiro atoms. The van der Waals surface area contributed by atoms with Crippen LogP contribution in [0.3, 0.4) is 0 Å². The fraction of sp³-hybridized carbons (Fsp3) is 0.424. The lowest BCUT2D eigenvalue weighted by Crippen LogP contribution is -2.61. The number of alkyl halides is 1. The number of anilines is 1. The third-order valence-electron chi connectivity index (χ3n) is 9.33. The lowest BCUT2D eigenvalue weighted by molar-refractivity contribution is 0.107. The van der Waals surface area contributed by atoms with Gasteiger partial charge in [-0.05, 0) is 55.8 Å². The molecule has 0 amide bonds. The van der Waals surface area contributed by atoms with Crippen LogP contribution in [-0.4, -0.2) is 81.4 Å². The van der Waals surface area contributed by atoms with Crippen molar-refractivity contribution in [2.24, 2.45) is 0 Å². The SMILES string of the molecule is [2H]C#Cc1c(F)ccc2cc(O)cc(-c3ncc4c(N5CC6CCC5CN6)nc(OC([2H])([2H])[C@@]56CCC([2H])([2H])N5C[C@H](F)C6)nc4c3F)c12. The molecule has 5 aliphatic heterocycles. The highest BCUT2D eigenvalue weighted by molar-refractivity contribution is 6.03. The molecule has 226 valence electrons. The number of benzene rings is 2. The zero-order chi connectivity index (χ0) is 34.5. The van der Waals surface area contributed by atoms with Gasteiger partial charge in [0.1, 0.15) is 42.7 Å². The molecule has 2 aromatic carbocycles. The first-order valence-electron chi connectivity index (χ1n) is 17.2. The number of hydrogen-bond donors (Lipinski definition) is 2. The van der Waals surface area contributed by atoms with Crippen molar-refractivity contribution in [3.05, 3.63) is 47.7 Å². The third kappa shape index (κ3) is 4.26. The number of aromatic hydroxyl groups is 1. The Bertz CT molecular complexity index is 2090. The summed E-state index contributed by atoms with van der Waals surface area (Å²) in [4.78, 5) is 16.6. The Morgan fingerprint density at radius 1 is 1.27 bits per heavy atom. The van der Waals surface area contributed by atoms with Gasteiger partial charge in [-0.3, -0.25) is 9.88 Å². The zero-order valence-electron chi connectivity index (χ0n) is 28.5. The van der Waals surface area contributed by atoms with E-state index < -0.39 is 42.4 Å². The molecule has 4 aromatic rings. The fourth-order valence-corrected chi connectivity index (χ4v) is 7.23. The molecule has 7 heterocycles. The van der Waals surface area contributed by atoms with Crippen LogP contribution in [-0.2, 0) is 0 Å². The molecule has 2 bridgehead atoms. The van der Waals surface area contributed by atoms with Crippen molar-refractivity contribution >= 4 is 27.5 Å². The first-order chi connectivity index (χ1) is 23.3. The van der Waals surface area contributed by atoms with Crippen molar-refractivity contribution in [1.29, 1.82) is 0 Å². The molecular formula is C33H31F3N6O2. The van der Waals surface area contributed by atoms with Gasteiger partial charge in [-0.2, -0.15) is 9.97 Å². The Hall–Kier alpha value is -4.14. The number of rotatable bonds is 5. The molecule has 9 rings (SSSR count). The van der Waals surface area contributed by atoms with E-state index in [0.29, 0.717) is 18.5 Å². The van der Waals surface area contributed by atoms with Crippen LogP contribution in [0.2, 0.25) is 0 Å². The van der Waals surface area contributed by atoms with Gasteiger partial charge in [-0.15, -0.1) is 6.40 Å². The average Bonchev–Trinajstić information content (AvgIpc) is 3.56. The molecule has 44 heavy (non-hydrogen) atoms. The second kappa shape index (κ2) is 10.2. The van der Waals surface area contributed by atoms with Gasteiger partial charge < -0.3 is 20.1 Å². The molecule has 5 saturated heterocycles. The van der Waals surface area contributed by atoms with E-state index in [2.05, 4.69) is 26.2 Å². The largest absolute Gasteiger partial charge is 0.508 e. The molecule has 2 unspecified atom stereocenters. The van der Waals surface area contributed by atoms with E-state index in [-0.39, 0.29) is 82.6 Å². The second-order valence-electron chi connectivity index (χ2n) is 11.9. The number of phenolic OH excluding ortho intramolecular Hbond substituents is 1. The van der Waals surface area contributed by atoms with E-state index in [0.717, 1.165) is 18.9 Å². The summed E-state index contributed by atoms with van der Waals surface area (Å²) >= 11 is 0. The Morgan fingerprint density at radius 2 is 2.18 bits per heavy atom. The van der Waals surface area contributed by atoms with Crippen molar-refractivity contribution < 1.29 is 29.9 Å². The predicted octanol–water partition coefficient (Wildman–Crippen LogP) is 4.71. The van der Waals surface area contributed by atoms with Crippen LogP contribution in [0.4, 0.5) is 19.0 Å². The number of piperazine rings is 1. The Morgan fingerprint density at radius 3 is 2.98 bits per heavy atom. The lowest BCUT2D eigenvalue weighted by atomic mass is 9.92. The maximum atomic E-state index is 17.0. The first kappa shape index (κ1) is 22.4. The number of fused-ring (bicyclic) bond motifs is 6. The molecule has 5 fully saturated rings. The molecule has 2 aromatic heterocycles. The molecule has 0 radical (unpaired) electrons. The van der Waals surface area contributed by atoms with Crippen molar-refractivity contribution in [3.63, 3.8) is 0 Å². The molecule has 0 saturated carbocycles. The van der Waals surface area contributed by atoms with Gasteiger partial charge in [-0.1, -0.05) is 12.0 Å². The van der Waals surface area contributed by atoms with E-state index >= 15 is 4.39 Å². The minimum Gasteiger partial charge on any atom is -0.508 e. The summed E-state index contributed by atoms with van der Waals surface area (Å²) in [5.74, 6) is 0.707. The lowest BCUT2D eigenvalue weighted by Gasteiger charge is -2.46. The van der Waals surface area contributed by atoms with Crippen LogP contribution in [0.25, 0.3) is 32.9 Å². The van der Waals surface area contributed by atoms with Gasteiger partial charge in [0.15, 0.2) is 5.82 Å². The van der Waals surface area contributed by atoms with Crippen molar-refractivity contribution in [2.45, 2.75) is 55.9 Å². The molecule has 8 nitrogen and oxygen atoms in total. The summed E-state index contributed by atoms with van der Waals surface area (Å²) in [6, 6.07) is 4.72. The first-order valence-corrected chi connectivity index (χ1v) is 14.7. The number of terminal acetylenes is 1. The Balaban J connectivity index is 1.32. The van der Waals surface area contributed by atoms with Gasteiger partial charge in [0.2, 0.25) is 0 Å². The van der Waals surface area contributed by atoms with E-state index in [9.17, 15) is 13.9 Å². The molecule has 0 aliphatic carbocycles. The summed E-state index contributed by atoms with van der Waals surface area (Å²) < 4.78 is 95.0. The second-order valence-corrected chi connectivity index (χ2v) is 11.9. The number of nitrogens with one attached hydrogen (secondary N) is 1. The quantitative estimate of drug-likeness (QED) is 0.317. The molecular weight excluding hydrogens is 569 g/mol. The number of phenols is 1. The number of pyridine rings is 1. The van der Waals surface area contributed by atoms with Crippen LogP contribution < -0.4 is 15.0 Å². The minimum absolute atomic E-state index is 0.00602. The smallest absolute Gasteiger partial charge is 0.319 e. The van der Waals surface area contributed by atoms with Crippen LogP contribution in [0, 0.1) is 24.0 Å². The van der Waals surface area contributed by atoms with Gasteiger partial charge in [-0.25, -0.2) is 13.2 Å². The molecule has 11 heteroatoms. The summed E-state index contributed by atoms with van der Waals surface area (Å²) in [6.07, 6.45) is 3.27.